The number of ether oxygens (including phenoxy) is 3. The fourth-order valence-electron chi connectivity index (χ4n) is 10.9. The predicted octanol–water partition coefficient (Wildman–Crippen LogP) is 17.6. The van der Waals surface area contributed by atoms with Crippen LogP contribution in [-0.4, -0.2) is 53.0 Å². The van der Waals surface area contributed by atoms with Crippen LogP contribution < -0.4 is 29.7 Å². The van der Waals surface area contributed by atoms with Crippen molar-refractivity contribution in [3.8, 4) is 17.2 Å². The van der Waals surface area contributed by atoms with E-state index in [4.69, 9.17) is 29.8 Å². The van der Waals surface area contributed by atoms with E-state index in [1.807, 2.05) is 85.0 Å². The minimum Gasteiger partial charge on any atom is -0.490 e. The van der Waals surface area contributed by atoms with Gasteiger partial charge in [0.15, 0.2) is 0 Å². The molecular weight excluding hydrogens is 1160 g/mol. The zero-order valence-corrected chi connectivity index (χ0v) is 53.1. The van der Waals surface area contributed by atoms with E-state index in [0.717, 1.165) is 128 Å². The standard InChI is InChI=1S/C54H46N2O6.C15H21NO.C2H3O2.C2H4O2.Zn/c1-5-9-13-35(14-10-6-2)61-37-21-17-33(18-22-37)55-51(57)43-29-25-39-41-27-31-45-50-46(32-28-42(48(41)50)40-26-30-44(52(55)58)49(43)47(39)40)54(60)56(53(45)59)34-19-23-38(24-20-34)62-36(15-11-7-3)16-12-8-4;1-3-5-7-14(8-6-4-2)17-15-11-9-13(16)10-12-15;1-2-3-4-2;1-2(3)4;/h5-8,17-32,35-36H,1-4,9-16H2;3-4,9-12,14H,1-2,5-8,16H2;1H3;1H3,(H,3,4);/q;;-1;;. The van der Waals surface area contributed by atoms with Crippen LogP contribution in [0, 0.1) is 6.92 Å². The van der Waals surface area contributed by atoms with Gasteiger partial charge >= 0.3 is 0 Å². The number of anilines is 3. The molecule has 2 aliphatic heterocycles. The van der Waals surface area contributed by atoms with E-state index in [9.17, 15) is 19.2 Å². The van der Waals surface area contributed by atoms with Crippen molar-refractivity contribution in [3.63, 3.8) is 0 Å². The molecule has 15 heteroatoms. The summed E-state index contributed by atoms with van der Waals surface area (Å²) >= 11 is 0. The molecule has 14 nitrogen and oxygen atoms in total. The summed E-state index contributed by atoms with van der Waals surface area (Å²) in [5.41, 5.74) is 8.97. The van der Waals surface area contributed by atoms with Gasteiger partial charge in [-0.2, -0.15) is 0 Å². The number of imide groups is 2. The number of hydrogen-bond donors (Lipinski definition) is 2. The molecule has 0 radical (unpaired) electrons. The van der Waals surface area contributed by atoms with Crippen LogP contribution in [0.5, 0.6) is 17.2 Å². The fourth-order valence-corrected chi connectivity index (χ4v) is 10.9. The SMILES string of the molecule is C=CCCC(CCC=C)Oc1ccc(N)cc1.C=CCCC(CCC=C)Oc1ccc(N2C(=O)c3ccc4c5ccc6c7c(ccc(c8ccc(c3c48)C2=O)c75)C(=O)N(c2ccc(OC(CCC=C)CCC=C)cc2)C6=O)cc1.CC(=O)O.C[c-]1oo1.[Zn]. The average Bonchev–Trinajstić information content (AvgIpc) is 0.725. The van der Waals surface area contributed by atoms with Crippen LogP contribution >= 0.6 is 0 Å². The number of benzene rings is 8. The van der Waals surface area contributed by atoms with Crippen LogP contribution in [0.15, 0.2) is 206 Å². The van der Waals surface area contributed by atoms with Gasteiger partial charge in [0.2, 0.25) is 0 Å². The van der Waals surface area contributed by atoms with Crippen LogP contribution in [0.2, 0.25) is 0 Å². The van der Waals surface area contributed by atoms with Crippen molar-refractivity contribution in [1.82, 2.24) is 0 Å². The molecule has 3 heterocycles. The Morgan fingerprint density at radius 2 is 0.682 bits per heavy atom. The Balaban J connectivity index is 0.000000354. The summed E-state index contributed by atoms with van der Waals surface area (Å²) in [5.74, 6) is 0.353. The Morgan fingerprint density at radius 1 is 0.455 bits per heavy atom. The topological polar surface area (TPSA) is 192 Å². The quantitative estimate of drug-likeness (QED) is 0.00763. The van der Waals surface area contributed by atoms with Crippen molar-refractivity contribution in [2.45, 2.75) is 109 Å². The molecular formula is C73H74N3O11Zn-. The number of fused-ring (bicyclic) bond motifs is 2. The average molecular weight is 1230 g/mol. The number of carbonyl (C=O) groups is 5. The largest absolute Gasteiger partial charge is 0.490 e. The number of carboxylic acids is 1. The van der Waals surface area contributed by atoms with Crippen molar-refractivity contribution in [1.29, 1.82) is 0 Å². The summed E-state index contributed by atoms with van der Waals surface area (Å²) in [6.07, 6.45) is 22.1. The van der Waals surface area contributed by atoms with Gasteiger partial charge in [-0.1, -0.05) is 60.7 Å². The maximum absolute atomic E-state index is 14.3. The Kier molecular flexibility index (Phi) is 23.5. The molecule has 9 aromatic rings. The summed E-state index contributed by atoms with van der Waals surface area (Å²) in [7, 11) is 0. The summed E-state index contributed by atoms with van der Waals surface area (Å²) in [6.45, 7) is 25.6. The molecule has 0 saturated heterocycles. The van der Waals surface area contributed by atoms with E-state index >= 15 is 0 Å². The van der Waals surface area contributed by atoms with E-state index in [-0.39, 0.29) is 37.8 Å². The number of nitrogen functional groups attached to an aromatic ring is 1. The maximum Gasteiger partial charge on any atom is 0.300 e. The van der Waals surface area contributed by atoms with Crippen molar-refractivity contribution in [2.75, 3.05) is 15.5 Å². The van der Waals surface area contributed by atoms with E-state index in [1.165, 1.54) is 9.80 Å². The first-order valence-electron chi connectivity index (χ1n) is 29.2. The Labute approximate surface area is 526 Å². The van der Waals surface area contributed by atoms with E-state index < -0.39 is 29.6 Å². The van der Waals surface area contributed by atoms with Crippen LogP contribution in [0.25, 0.3) is 43.1 Å². The van der Waals surface area contributed by atoms with Gasteiger partial charge in [0.1, 0.15) is 17.2 Å². The first-order chi connectivity index (χ1) is 42.2. The second-order valence-corrected chi connectivity index (χ2v) is 21.2. The number of carboxylic acid groups (broad SMARTS) is 1. The van der Waals surface area contributed by atoms with E-state index in [0.29, 0.717) is 61.9 Å². The maximum atomic E-state index is 14.3. The van der Waals surface area contributed by atoms with Crippen molar-refractivity contribution < 1.29 is 71.9 Å². The molecule has 450 valence electrons. The number of nitrogens with zero attached hydrogens (tertiary/aromatic N) is 2. The van der Waals surface area contributed by atoms with Crippen LogP contribution in [0.3, 0.4) is 0 Å². The molecule has 0 unspecified atom stereocenters. The third-order valence-electron chi connectivity index (χ3n) is 15.0. The molecule has 8 aromatic carbocycles. The smallest absolute Gasteiger partial charge is 0.300 e. The normalized spacial score (nSPS) is 12.3. The molecule has 11 rings (SSSR count). The minimum absolute atomic E-state index is 0. The zero-order chi connectivity index (χ0) is 62.1. The van der Waals surface area contributed by atoms with E-state index in [1.54, 1.807) is 79.7 Å². The monoisotopic (exact) mass is 1230 g/mol. The zero-order valence-electron chi connectivity index (χ0n) is 50.2. The number of carbonyl (C=O) groups excluding carboxylic acids is 4. The molecule has 3 N–H and O–H groups in total. The molecule has 4 amide bonds. The fraction of sp³-hybridized carbons (Fsp3) is 0.233. The first-order valence-corrected chi connectivity index (χ1v) is 29.2. The van der Waals surface area contributed by atoms with Crippen LogP contribution in [0.1, 0.15) is 131 Å². The molecule has 1 aromatic heterocycles. The predicted molar refractivity (Wildman–Crippen MR) is 348 cm³/mol. The van der Waals surface area contributed by atoms with Gasteiger partial charge < -0.3 is 34.2 Å². The number of aliphatic carboxylic acids is 1. The summed E-state index contributed by atoms with van der Waals surface area (Å²) in [5, 5.41) is 13.5. The van der Waals surface area contributed by atoms with Gasteiger partial charge in [0.25, 0.3) is 29.6 Å². The Bertz CT molecular complexity index is 3570. The molecule has 0 bridgehead atoms. The van der Waals surface area contributed by atoms with Gasteiger partial charge in [0, 0.05) is 71.1 Å². The molecule has 0 atom stereocenters. The Morgan fingerprint density at radius 3 is 0.898 bits per heavy atom. The van der Waals surface area contributed by atoms with E-state index in [2.05, 4.69) is 48.6 Å². The second-order valence-electron chi connectivity index (χ2n) is 21.2. The van der Waals surface area contributed by atoms with Crippen LogP contribution in [-0.2, 0) is 24.3 Å². The number of amides is 4. The molecule has 0 spiro atoms. The molecule has 0 fully saturated rings. The molecule has 88 heavy (non-hydrogen) atoms. The molecule has 0 saturated carbocycles. The van der Waals surface area contributed by atoms with Crippen molar-refractivity contribution in [3.05, 3.63) is 225 Å². The van der Waals surface area contributed by atoms with Crippen LogP contribution in [0.4, 0.5) is 17.1 Å². The van der Waals surface area contributed by atoms with Gasteiger partial charge in [-0.15, -0.1) is 46.4 Å². The number of nitrogens with two attached hydrogens (primary N) is 1. The van der Waals surface area contributed by atoms with Gasteiger partial charge in [-0.25, -0.2) is 9.80 Å². The number of allylic oxidation sites excluding steroid dienone is 6. The second kappa shape index (κ2) is 31.3. The van der Waals surface area contributed by atoms with Crippen molar-refractivity contribution in [2.24, 2.45) is 0 Å². The third kappa shape index (κ3) is 15.6. The summed E-state index contributed by atoms with van der Waals surface area (Å²) < 4.78 is 26.7. The minimum atomic E-state index is -0.833. The molecule has 0 aliphatic carbocycles. The van der Waals surface area contributed by atoms with Gasteiger partial charge in [0.05, 0.1) is 29.7 Å². The summed E-state index contributed by atoms with van der Waals surface area (Å²) in [4.78, 5) is 68.8. The molecule has 2 aliphatic rings. The number of hydrogen-bond acceptors (Lipinski definition) is 11. The Hall–Kier alpha value is -9.46. The first kappa shape index (κ1) is 66.1. The van der Waals surface area contributed by atoms with Gasteiger partial charge in [-0.05, 0) is 206 Å². The summed E-state index contributed by atoms with van der Waals surface area (Å²) in [6, 6.07) is 36.4. The number of rotatable bonds is 26. The number of aryl methyl sites for hydroxylation is 1. The van der Waals surface area contributed by atoms with Gasteiger partial charge in [-0.3, -0.25) is 24.0 Å². The third-order valence-corrected chi connectivity index (χ3v) is 15.0. The van der Waals surface area contributed by atoms with Crippen molar-refractivity contribution >= 4 is 89.7 Å².